The van der Waals surface area contributed by atoms with Crippen molar-refractivity contribution in [1.82, 2.24) is 14.5 Å². The normalized spacial score (nSPS) is 14.4. The molecular weight excluding hydrogens is 410 g/mol. The van der Waals surface area contributed by atoms with Gasteiger partial charge >= 0.3 is 5.97 Å². The number of thiophene rings is 1. The van der Waals surface area contributed by atoms with Crippen molar-refractivity contribution in [3.63, 3.8) is 0 Å². The minimum atomic E-state index is -0.386. The number of aryl methyl sites for hydroxylation is 3. The smallest absolute Gasteiger partial charge is 0.326 e. The Morgan fingerprint density at radius 2 is 1.90 bits per heavy atom. The maximum Gasteiger partial charge on any atom is 0.326 e. The zero-order chi connectivity index (χ0) is 21.8. The first kappa shape index (κ1) is 21.7. The zero-order valence-corrected chi connectivity index (χ0v) is 19.0. The molecule has 6 nitrogen and oxygen atoms in total. The first-order chi connectivity index (χ1) is 15.0. The van der Waals surface area contributed by atoms with Crippen molar-refractivity contribution in [2.45, 2.75) is 52.6 Å². The van der Waals surface area contributed by atoms with Gasteiger partial charge in [0.05, 0.1) is 18.5 Å². The molecule has 1 aromatic carbocycles. The molecule has 0 amide bonds. The number of rotatable bonds is 8. The van der Waals surface area contributed by atoms with E-state index >= 15 is 0 Å². The monoisotopic (exact) mass is 439 g/mol. The van der Waals surface area contributed by atoms with Crippen molar-refractivity contribution in [3.05, 3.63) is 62.5 Å². The summed E-state index contributed by atoms with van der Waals surface area (Å²) in [6.07, 6.45) is 3.93. The molecular formula is C24H29N3O3S. The van der Waals surface area contributed by atoms with Gasteiger partial charge in [0.15, 0.2) is 0 Å². The van der Waals surface area contributed by atoms with Crippen LogP contribution in [0.25, 0.3) is 10.2 Å². The molecule has 1 aliphatic rings. The summed E-state index contributed by atoms with van der Waals surface area (Å²) in [5.41, 5.74) is 2.04. The lowest BCUT2D eigenvalue weighted by molar-refractivity contribution is -0.144. The van der Waals surface area contributed by atoms with Crippen LogP contribution in [0.1, 0.15) is 41.1 Å². The second kappa shape index (κ2) is 9.75. The average Bonchev–Trinajstić information content (AvgIpc) is 3.37. The van der Waals surface area contributed by atoms with Crippen LogP contribution in [0.3, 0.4) is 0 Å². The van der Waals surface area contributed by atoms with Gasteiger partial charge in [0.25, 0.3) is 5.56 Å². The Labute approximate surface area is 186 Å². The highest BCUT2D eigenvalue weighted by Crippen LogP contribution is 2.26. The fourth-order valence-electron chi connectivity index (χ4n) is 4.08. The first-order valence-electron chi connectivity index (χ1n) is 10.9. The predicted molar refractivity (Wildman–Crippen MR) is 124 cm³/mol. The minimum absolute atomic E-state index is 0.0926. The summed E-state index contributed by atoms with van der Waals surface area (Å²) in [7, 11) is 0. The fraction of sp³-hybridized carbons (Fsp3) is 0.458. The number of likely N-dealkylation sites (tertiary alicyclic amines) is 1. The maximum atomic E-state index is 13.3. The highest BCUT2D eigenvalue weighted by Gasteiger charge is 2.21. The molecule has 1 aliphatic heterocycles. The zero-order valence-electron chi connectivity index (χ0n) is 18.2. The summed E-state index contributed by atoms with van der Waals surface area (Å²) in [6, 6.07) is 10.1. The summed E-state index contributed by atoms with van der Waals surface area (Å²) >= 11 is 1.55. The molecule has 0 radical (unpaired) electrons. The number of aromatic nitrogens is 2. The molecule has 0 bridgehead atoms. The van der Waals surface area contributed by atoms with E-state index in [2.05, 4.69) is 17.0 Å². The third-order valence-corrected chi connectivity index (χ3v) is 7.04. The molecule has 0 N–H and O–H groups in total. The van der Waals surface area contributed by atoms with E-state index in [-0.39, 0.29) is 18.1 Å². The lowest BCUT2D eigenvalue weighted by Crippen LogP contribution is -2.32. The van der Waals surface area contributed by atoms with E-state index in [0.29, 0.717) is 24.4 Å². The van der Waals surface area contributed by atoms with Crippen LogP contribution in [-0.4, -0.2) is 40.1 Å². The number of benzene rings is 1. The molecule has 3 heterocycles. The Morgan fingerprint density at radius 1 is 1.16 bits per heavy atom. The van der Waals surface area contributed by atoms with Gasteiger partial charge in [0.1, 0.15) is 17.2 Å². The lowest BCUT2D eigenvalue weighted by atomic mass is 10.1. The van der Waals surface area contributed by atoms with E-state index in [1.807, 2.05) is 32.0 Å². The van der Waals surface area contributed by atoms with Crippen LogP contribution in [0.5, 0.6) is 0 Å². The SMILES string of the molecule is Cc1sc2nc(CN3CCCC3)n(CC(=O)OCCCc3ccccc3)c(=O)c2c1C. The number of fused-ring (bicyclic) bond motifs is 1. The van der Waals surface area contributed by atoms with Crippen molar-refractivity contribution >= 4 is 27.5 Å². The van der Waals surface area contributed by atoms with Gasteiger partial charge in [-0.15, -0.1) is 11.3 Å². The van der Waals surface area contributed by atoms with E-state index in [9.17, 15) is 9.59 Å². The quantitative estimate of drug-likeness (QED) is 0.394. The fourth-order valence-corrected chi connectivity index (χ4v) is 5.11. The number of ether oxygens (including phenoxy) is 1. The van der Waals surface area contributed by atoms with Crippen molar-refractivity contribution < 1.29 is 9.53 Å². The standard InChI is InChI=1S/C24H29N3O3S/c1-17-18(2)31-23-22(17)24(29)27(20(25-23)15-26-12-6-7-13-26)16-21(28)30-14-8-11-19-9-4-3-5-10-19/h3-5,9-10H,6-8,11-16H2,1-2H3. The molecule has 0 unspecified atom stereocenters. The number of esters is 1. The Morgan fingerprint density at radius 3 is 2.65 bits per heavy atom. The molecule has 4 rings (SSSR count). The molecule has 164 valence electrons. The number of hydrogen-bond donors (Lipinski definition) is 0. The van der Waals surface area contributed by atoms with Gasteiger partial charge in [0.2, 0.25) is 0 Å². The van der Waals surface area contributed by atoms with Crippen molar-refractivity contribution in [3.8, 4) is 0 Å². The largest absolute Gasteiger partial charge is 0.464 e. The molecule has 0 atom stereocenters. The predicted octanol–water partition coefficient (Wildman–Crippen LogP) is 3.85. The van der Waals surface area contributed by atoms with Crippen LogP contribution in [0.4, 0.5) is 0 Å². The molecule has 0 aliphatic carbocycles. The van der Waals surface area contributed by atoms with E-state index in [4.69, 9.17) is 9.72 Å². The second-order valence-electron chi connectivity index (χ2n) is 8.18. The van der Waals surface area contributed by atoms with Gasteiger partial charge < -0.3 is 4.74 Å². The number of hydrogen-bond acceptors (Lipinski definition) is 6. The van der Waals surface area contributed by atoms with E-state index in [1.54, 1.807) is 11.3 Å². The van der Waals surface area contributed by atoms with Gasteiger partial charge in [-0.3, -0.25) is 19.1 Å². The lowest BCUT2D eigenvalue weighted by Gasteiger charge is -2.18. The summed E-state index contributed by atoms with van der Waals surface area (Å²) in [5, 5.41) is 0.629. The van der Waals surface area contributed by atoms with Gasteiger partial charge in [-0.05, 0) is 63.7 Å². The second-order valence-corrected chi connectivity index (χ2v) is 9.38. The molecule has 3 aromatic rings. The van der Waals surface area contributed by atoms with Crippen molar-refractivity contribution in [2.75, 3.05) is 19.7 Å². The Kier molecular flexibility index (Phi) is 6.83. The van der Waals surface area contributed by atoms with Crippen LogP contribution >= 0.6 is 11.3 Å². The van der Waals surface area contributed by atoms with Crippen LogP contribution in [0.15, 0.2) is 35.1 Å². The van der Waals surface area contributed by atoms with Crippen LogP contribution in [-0.2, 0) is 29.0 Å². The van der Waals surface area contributed by atoms with Crippen LogP contribution in [0, 0.1) is 13.8 Å². The minimum Gasteiger partial charge on any atom is -0.464 e. The molecule has 2 aromatic heterocycles. The van der Waals surface area contributed by atoms with Crippen LogP contribution < -0.4 is 5.56 Å². The van der Waals surface area contributed by atoms with Crippen molar-refractivity contribution in [2.24, 2.45) is 0 Å². The highest BCUT2D eigenvalue weighted by atomic mass is 32.1. The van der Waals surface area contributed by atoms with E-state index in [0.717, 1.165) is 54.0 Å². The van der Waals surface area contributed by atoms with Gasteiger partial charge in [-0.2, -0.15) is 0 Å². The molecule has 7 heteroatoms. The highest BCUT2D eigenvalue weighted by molar-refractivity contribution is 7.18. The Bertz CT molecular complexity index is 1110. The maximum absolute atomic E-state index is 13.3. The molecule has 1 fully saturated rings. The van der Waals surface area contributed by atoms with Crippen molar-refractivity contribution in [1.29, 1.82) is 0 Å². The molecule has 31 heavy (non-hydrogen) atoms. The topological polar surface area (TPSA) is 64.4 Å². The molecule has 0 spiro atoms. The van der Waals surface area contributed by atoms with E-state index in [1.165, 1.54) is 10.1 Å². The van der Waals surface area contributed by atoms with Gasteiger partial charge in [-0.1, -0.05) is 30.3 Å². The number of nitrogens with zero attached hydrogens (tertiary/aromatic N) is 3. The Hall–Kier alpha value is -2.51. The Balaban J connectivity index is 1.49. The summed E-state index contributed by atoms with van der Waals surface area (Å²) < 4.78 is 6.98. The first-order valence-corrected chi connectivity index (χ1v) is 11.8. The number of carbonyl (C=O) groups excluding carboxylic acids is 1. The van der Waals surface area contributed by atoms with Crippen LogP contribution in [0.2, 0.25) is 0 Å². The summed E-state index contributed by atoms with van der Waals surface area (Å²) in [4.78, 5) is 34.8. The number of carbonyl (C=O) groups is 1. The molecule has 1 saturated heterocycles. The molecule has 0 saturated carbocycles. The summed E-state index contributed by atoms with van der Waals surface area (Å²) in [5.74, 6) is 0.269. The third-order valence-electron chi connectivity index (χ3n) is 5.93. The average molecular weight is 440 g/mol. The third kappa shape index (κ3) is 5.05. The van der Waals surface area contributed by atoms with Gasteiger partial charge in [0, 0.05) is 4.88 Å². The van der Waals surface area contributed by atoms with Gasteiger partial charge in [-0.25, -0.2) is 4.98 Å². The summed E-state index contributed by atoms with van der Waals surface area (Å²) in [6.45, 7) is 6.79. The van der Waals surface area contributed by atoms with E-state index < -0.39 is 0 Å².